The Kier molecular flexibility index (Phi) is 3.86. The quantitative estimate of drug-likeness (QED) is 0.870. The third kappa shape index (κ3) is 3.01. The molecule has 0 atom stereocenters. The number of hydrogen-bond donors (Lipinski definition) is 2. The van der Waals surface area contributed by atoms with Crippen molar-refractivity contribution in [2.24, 2.45) is 0 Å². The molecule has 0 saturated heterocycles. The molecule has 0 radical (unpaired) electrons. The van der Waals surface area contributed by atoms with Crippen molar-refractivity contribution in [2.45, 2.75) is 6.42 Å². The summed E-state index contributed by atoms with van der Waals surface area (Å²) < 4.78 is 0.971. The molecule has 96 valence electrons. The van der Waals surface area contributed by atoms with E-state index in [1.165, 1.54) is 5.56 Å². The lowest BCUT2D eigenvalue weighted by Crippen LogP contribution is -2.38. The van der Waals surface area contributed by atoms with Crippen LogP contribution in [0.5, 0.6) is 0 Å². The number of aliphatic carboxylic acids is 1. The highest BCUT2D eigenvalue weighted by molar-refractivity contribution is 9.10. The molecule has 0 bridgehead atoms. The number of carboxylic acids is 1. The van der Waals surface area contributed by atoms with Gasteiger partial charge in [-0.25, -0.2) is 0 Å². The lowest BCUT2D eigenvalue weighted by atomic mass is 10.2. The summed E-state index contributed by atoms with van der Waals surface area (Å²) in [6.07, 6.45) is 0.912. The minimum Gasteiger partial charge on any atom is -0.480 e. The van der Waals surface area contributed by atoms with E-state index in [9.17, 15) is 9.59 Å². The highest BCUT2D eigenvalue weighted by Gasteiger charge is 2.21. The molecule has 1 amide bonds. The fourth-order valence-electron chi connectivity index (χ4n) is 1.99. The molecule has 1 aromatic rings. The molecule has 1 heterocycles. The van der Waals surface area contributed by atoms with Gasteiger partial charge in [0.2, 0.25) is 5.91 Å². The smallest absolute Gasteiger partial charge is 0.322 e. The van der Waals surface area contributed by atoms with Gasteiger partial charge in [-0.15, -0.1) is 0 Å². The van der Waals surface area contributed by atoms with Crippen LogP contribution in [0.15, 0.2) is 22.7 Å². The van der Waals surface area contributed by atoms with Crippen molar-refractivity contribution >= 4 is 33.5 Å². The number of nitrogens with zero attached hydrogens (tertiary/aromatic N) is 1. The highest BCUT2D eigenvalue weighted by atomic mass is 79.9. The second kappa shape index (κ2) is 5.39. The lowest BCUT2D eigenvalue weighted by molar-refractivity contribution is -0.137. The number of halogens is 1. The van der Waals surface area contributed by atoms with E-state index in [-0.39, 0.29) is 19.0 Å². The Morgan fingerprint density at radius 2 is 2.22 bits per heavy atom. The monoisotopic (exact) mass is 312 g/mol. The fourth-order valence-corrected chi connectivity index (χ4v) is 2.34. The first-order chi connectivity index (χ1) is 8.56. The molecule has 0 spiro atoms. The van der Waals surface area contributed by atoms with Gasteiger partial charge in [0.05, 0.1) is 6.54 Å². The molecular formula is C12H13BrN2O3. The normalized spacial score (nSPS) is 13.3. The number of carbonyl (C=O) groups excluding carboxylic acids is 1. The molecular weight excluding hydrogens is 300 g/mol. The predicted octanol–water partition coefficient (Wildman–Crippen LogP) is 1.01. The number of carbonyl (C=O) groups is 2. The Labute approximate surface area is 113 Å². The summed E-state index contributed by atoms with van der Waals surface area (Å²) in [5, 5.41) is 10.8. The Hall–Kier alpha value is -1.56. The molecule has 1 aliphatic rings. The standard InChI is InChI=1S/C12H13BrN2O3/c13-9-2-1-8-3-4-15(10(8)5-9)7-11(16)14-6-12(17)18/h1-2,5H,3-4,6-7H2,(H,14,16)(H,17,18). The van der Waals surface area contributed by atoms with Crippen molar-refractivity contribution in [1.82, 2.24) is 5.32 Å². The molecule has 0 fully saturated rings. The molecule has 0 unspecified atom stereocenters. The summed E-state index contributed by atoms with van der Waals surface area (Å²) in [6.45, 7) is 0.640. The minimum absolute atomic E-state index is 0.191. The van der Waals surface area contributed by atoms with Crippen LogP contribution in [0.2, 0.25) is 0 Å². The number of fused-ring (bicyclic) bond motifs is 1. The van der Waals surface area contributed by atoms with Crippen molar-refractivity contribution in [1.29, 1.82) is 0 Å². The average Bonchev–Trinajstić information content (AvgIpc) is 2.69. The molecule has 18 heavy (non-hydrogen) atoms. The molecule has 2 N–H and O–H groups in total. The Morgan fingerprint density at radius 3 is 2.94 bits per heavy atom. The maximum Gasteiger partial charge on any atom is 0.322 e. The van der Waals surface area contributed by atoms with Gasteiger partial charge in [-0.05, 0) is 24.1 Å². The molecule has 2 rings (SSSR count). The second-order valence-electron chi connectivity index (χ2n) is 4.12. The Morgan fingerprint density at radius 1 is 1.44 bits per heavy atom. The van der Waals surface area contributed by atoms with E-state index in [0.717, 1.165) is 23.1 Å². The topological polar surface area (TPSA) is 69.6 Å². The maximum atomic E-state index is 11.6. The van der Waals surface area contributed by atoms with Gasteiger partial charge in [-0.2, -0.15) is 0 Å². The number of anilines is 1. The summed E-state index contributed by atoms with van der Waals surface area (Å²) in [4.78, 5) is 23.9. The van der Waals surface area contributed by atoms with Crippen LogP contribution in [0.3, 0.4) is 0 Å². The van der Waals surface area contributed by atoms with Crippen LogP contribution in [-0.4, -0.2) is 36.6 Å². The Bertz CT molecular complexity index is 490. The molecule has 1 aliphatic heterocycles. The van der Waals surface area contributed by atoms with Gasteiger partial charge in [-0.1, -0.05) is 22.0 Å². The van der Waals surface area contributed by atoms with E-state index in [1.807, 2.05) is 23.1 Å². The van der Waals surface area contributed by atoms with Gasteiger partial charge >= 0.3 is 5.97 Å². The summed E-state index contributed by atoms with van der Waals surface area (Å²) in [5.41, 5.74) is 2.25. The number of hydrogen-bond acceptors (Lipinski definition) is 3. The van der Waals surface area contributed by atoms with E-state index in [4.69, 9.17) is 5.11 Å². The van der Waals surface area contributed by atoms with E-state index >= 15 is 0 Å². The third-order valence-electron chi connectivity index (χ3n) is 2.81. The SMILES string of the molecule is O=C(O)CNC(=O)CN1CCc2ccc(Br)cc21. The van der Waals surface area contributed by atoms with Crippen molar-refractivity contribution in [3.05, 3.63) is 28.2 Å². The molecule has 0 aromatic heterocycles. The highest BCUT2D eigenvalue weighted by Crippen LogP contribution is 2.30. The number of amides is 1. The van der Waals surface area contributed by atoms with E-state index < -0.39 is 5.97 Å². The van der Waals surface area contributed by atoms with E-state index in [0.29, 0.717) is 0 Å². The van der Waals surface area contributed by atoms with Gasteiger partial charge in [0, 0.05) is 16.7 Å². The zero-order chi connectivity index (χ0) is 13.1. The summed E-state index contributed by atoms with van der Waals surface area (Å²) in [7, 11) is 0. The molecule has 1 aromatic carbocycles. The van der Waals surface area contributed by atoms with Crippen molar-refractivity contribution < 1.29 is 14.7 Å². The van der Waals surface area contributed by atoms with Gasteiger partial charge < -0.3 is 15.3 Å². The van der Waals surface area contributed by atoms with Gasteiger partial charge in [0.1, 0.15) is 6.54 Å². The van der Waals surface area contributed by atoms with Crippen LogP contribution < -0.4 is 10.2 Å². The van der Waals surface area contributed by atoms with Crippen LogP contribution in [0.25, 0.3) is 0 Å². The van der Waals surface area contributed by atoms with Gasteiger partial charge in [0.25, 0.3) is 0 Å². The number of rotatable bonds is 4. The number of nitrogens with one attached hydrogen (secondary N) is 1. The Balaban J connectivity index is 1.99. The first-order valence-corrected chi connectivity index (χ1v) is 6.37. The van der Waals surface area contributed by atoms with Crippen LogP contribution in [0, 0.1) is 0 Å². The second-order valence-corrected chi connectivity index (χ2v) is 5.03. The third-order valence-corrected chi connectivity index (χ3v) is 3.30. The minimum atomic E-state index is -1.03. The van der Waals surface area contributed by atoms with Crippen molar-refractivity contribution in [3.8, 4) is 0 Å². The maximum absolute atomic E-state index is 11.6. The molecule has 6 heteroatoms. The zero-order valence-electron chi connectivity index (χ0n) is 9.65. The largest absolute Gasteiger partial charge is 0.480 e. The predicted molar refractivity (Wildman–Crippen MR) is 70.7 cm³/mol. The molecule has 0 saturated carbocycles. The van der Waals surface area contributed by atoms with E-state index in [1.54, 1.807) is 0 Å². The van der Waals surface area contributed by atoms with Crippen LogP contribution in [-0.2, 0) is 16.0 Å². The number of benzene rings is 1. The van der Waals surface area contributed by atoms with Crippen molar-refractivity contribution in [3.63, 3.8) is 0 Å². The first kappa shape index (κ1) is 12.9. The molecule has 5 nitrogen and oxygen atoms in total. The average molecular weight is 313 g/mol. The summed E-state index contributed by atoms with van der Waals surface area (Å²) >= 11 is 3.40. The summed E-state index contributed by atoms with van der Waals surface area (Å²) in [5.74, 6) is -1.31. The van der Waals surface area contributed by atoms with Crippen LogP contribution >= 0.6 is 15.9 Å². The van der Waals surface area contributed by atoms with Crippen LogP contribution in [0.1, 0.15) is 5.56 Å². The van der Waals surface area contributed by atoms with Gasteiger partial charge in [0.15, 0.2) is 0 Å². The zero-order valence-corrected chi connectivity index (χ0v) is 11.2. The summed E-state index contributed by atoms with van der Waals surface area (Å²) in [6, 6.07) is 5.99. The van der Waals surface area contributed by atoms with Gasteiger partial charge in [-0.3, -0.25) is 9.59 Å². The molecule has 0 aliphatic carbocycles. The van der Waals surface area contributed by atoms with Crippen LogP contribution in [0.4, 0.5) is 5.69 Å². The fraction of sp³-hybridized carbons (Fsp3) is 0.333. The first-order valence-electron chi connectivity index (χ1n) is 5.58. The van der Waals surface area contributed by atoms with Crippen molar-refractivity contribution in [2.75, 3.05) is 24.5 Å². The number of carboxylic acid groups (broad SMARTS) is 1. The van der Waals surface area contributed by atoms with E-state index in [2.05, 4.69) is 21.2 Å². The lowest BCUT2D eigenvalue weighted by Gasteiger charge is -2.18.